The lowest BCUT2D eigenvalue weighted by molar-refractivity contribution is -0.141. The number of hydrogen-bond acceptors (Lipinski definition) is 12. The number of aromatic nitrogens is 1. The van der Waals surface area contributed by atoms with Gasteiger partial charge in [0, 0.05) is 56.1 Å². The molecule has 17 heteroatoms. The Kier molecular flexibility index (Phi) is 12.0. The molecular weight excluding hydrogens is 793 g/mol. The summed E-state index contributed by atoms with van der Waals surface area (Å²) in [6.45, 7) is 5.45. The number of alkyl carbamates (subject to hydrolysis) is 1. The Bertz CT molecular complexity index is 2270. The van der Waals surface area contributed by atoms with Gasteiger partial charge in [-0.05, 0) is 100 Å². The lowest BCUT2D eigenvalue weighted by atomic mass is 10.1. The van der Waals surface area contributed by atoms with Crippen molar-refractivity contribution in [2.75, 3.05) is 45.9 Å². The van der Waals surface area contributed by atoms with E-state index in [1.54, 1.807) is 34.0 Å². The minimum Gasteiger partial charge on any atom is -0.497 e. The fourth-order valence-electron chi connectivity index (χ4n) is 7.61. The van der Waals surface area contributed by atoms with Gasteiger partial charge in [-0.25, -0.2) is 18.2 Å². The topological polar surface area (TPSA) is 195 Å². The quantitative estimate of drug-likeness (QED) is 0.262. The summed E-state index contributed by atoms with van der Waals surface area (Å²) in [6.07, 6.45) is 3.64. The van der Waals surface area contributed by atoms with Crippen LogP contribution >= 0.6 is 0 Å². The summed E-state index contributed by atoms with van der Waals surface area (Å²) in [6, 6.07) is 13.0. The van der Waals surface area contributed by atoms with Crippen molar-refractivity contribution in [1.82, 2.24) is 25.2 Å². The molecule has 0 spiro atoms. The summed E-state index contributed by atoms with van der Waals surface area (Å²) >= 11 is 0. The summed E-state index contributed by atoms with van der Waals surface area (Å²) in [5.74, 6) is -1.59. The van der Waals surface area contributed by atoms with E-state index in [1.165, 1.54) is 4.90 Å². The number of nitrogens with one attached hydrogen (secondary N) is 3. The number of amides is 4. The first-order valence-electron chi connectivity index (χ1n) is 20.3. The number of ether oxygens (including phenoxy) is 4. The molecule has 1 saturated heterocycles. The van der Waals surface area contributed by atoms with Crippen LogP contribution in [-0.2, 0) is 33.9 Å². The summed E-state index contributed by atoms with van der Waals surface area (Å²) in [5.41, 5.74) is -0.0199. The van der Waals surface area contributed by atoms with E-state index in [2.05, 4.69) is 15.4 Å². The second-order valence-electron chi connectivity index (χ2n) is 17.1. The van der Waals surface area contributed by atoms with Crippen LogP contribution < -0.4 is 29.7 Å². The fourth-order valence-corrected chi connectivity index (χ4v) is 8.98. The van der Waals surface area contributed by atoms with Crippen LogP contribution in [-0.4, -0.2) is 118 Å². The van der Waals surface area contributed by atoms with Crippen LogP contribution in [0.25, 0.3) is 22.0 Å². The molecule has 5 atom stereocenters. The third-order valence-electron chi connectivity index (χ3n) is 11.1. The molecule has 1 aromatic heterocycles. The minimum atomic E-state index is -3.93. The van der Waals surface area contributed by atoms with Crippen molar-refractivity contribution in [2.45, 2.75) is 93.9 Å². The van der Waals surface area contributed by atoms with Gasteiger partial charge in [0.2, 0.25) is 27.7 Å². The first-order valence-corrected chi connectivity index (χ1v) is 21.9. The Balaban J connectivity index is 1.24. The number of hydrogen-bond donors (Lipinski definition) is 3. The molecule has 4 amide bonds. The summed E-state index contributed by atoms with van der Waals surface area (Å²) in [5, 5.41) is 6.47. The van der Waals surface area contributed by atoms with E-state index in [1.807, 2.05) is 73.6 Å². The molecule has 2 aliphatic heterocycles. The number of pyridine rings is 1. The Morgan fingerprint density at radius 1 is 1.03 bits per heavy atom. The number of carbonyl (C=O) groups excluding carboxylic acids is 4. The highest BCUT2D eigenvalue weighted by molar-refractivity contribution is 7.91. The zero-order valence-corrected chi connectivity index (χ0v) is 35.7. The summed E-state index contributed by atoms with van der Waals surface area (Å²) < 4.78 is 51.5. The third kappa shape index (κ3) is 9.62. The molecule has 60 heavy (non-hydrogen) atoms. The van der Waals surface area contributed by atoms with Crippen LogP contribution in [0.1, 0.15) is 59.3 Å². The number of anilines is 1. The van der Waals surface area contributed by atoms with Crippen LogP contribution in [0.15, 0.2) is 60.7 Å². The fraction of sp³-hybridized carbons (Fsp3) is 0.512. The molecule has 2 aromatic carbocycles. The average Bonchev–Trinajstić information content (AvgIpc) is 4.12. The van der Waals surface area contributed by atoms with Gasteiger partial charge in [0.15, 0.2) is 0 Å². The highest BCUT2D eigenvalue weighted by atomic mass is 32.2. The van der Waals surface area contributed by atoms with E-state index in [0.717, 1.165) is 16.6 Å². The molecule has 7 rings (SSSR count). The molecule has 2 aliphatic carbocycles. The molecule has 3 heterocycles. The monoisotopic (exact) mass is 846 g/mol. The van der Waals surface area contributed by atoms with Crippen molar-refractivity contribution >= 4 is 50.3 Å². The van der Waals surface area contributed by atoms with Crippen LogP contribution in [0.2, 0.25) is 0 Å². The highest BCUT2D eigenvalue weighted by Crippen LogP contribution is 2.46. The second-order valence-corrected chi connectivity index (χ2v) is 19.0. The van der Waals surface area contributed by atoms with Crippen molar-refractivity contribution in [3.05, 3.63) is 60.7 Å². The molecule has 322 valence electrons. The lowest BCUT2D eigenvalue weighted by Gasteiger charge is -2.30. The van der Waals surface area contributed by atoms with Crippen LogP contribution in [0.5, 0.6) is 11.6 Å². The van der Waals surface area contributed by atoms with Gasteiger partial charge in [0.1, 0.15) is 35.1 Å². The van der Waals surface area contributed by atoms with E-state index < -0.39 is 74.3 Å². The van der Waals surface area contributed by atoms with Crippen molar-refractivity contribution in [3.8, 4) is 22.9 Å². The Labute approximate surface area is 350 Å². The van der Waals surface area contributed by atoms with E-state index in [-0.39, 0.29) is 44.9 Å². The number of sulfonamides is 1. The predicted octanol–water partition coefficient (Wildman–Crippen LogP) is 4.07. The van der Waals surface area contributed by atoms with E-state index in [9.17, 15) is 27.6 Å². The molecule has 4 aliphatic rings. The average molecular weight is 847 g/mol. The van der Waals surface area contributed by atoms with Crippen LogP contribution in [0, 0.1) is 5.92 Å². The lowest BCUT2D eigenvalue weighted by Crippen LogP contribution is -2.58. The molecule has 0 bridgehead atoms. The Morgan fingerprint density at radius 2 is 1.78 bits per heavy atom. The number of carbonyl (C=O) groups is 4. The van der Waals surface area contributed by atoms with E-state index in [0.29, 0.717) is 36.1 Å². The SMILES string of the molecule is COc1ccc(-c2cc3cc(N(C)C)ccc3c(OC3C[C@H]4C(=O)N[C@]5(C(=O)NS(=O)(=O)C6CC6)C[C@H]5/C=C\CCOCC[C@H](NC(=O)OC(C)(C)C)C(=O)N4C3)n2)cc1. The van der Waals surface area contributed by atoms with Gasteiger partial charge in [-0.1, -0.05) is 12.2 Å². The first-order chi connectivity index (χ1) is 28.5. The smallest absolute Gasteiger partial charge is 0.408 e. The van der Waals surface area contributed by atoms with Crippen molar-refractivity contribution in [2.24, 2.45) is 5.92 Å². The largest absolute Gasteiger partial charge is 0.497 e. The molecule has 3 fully saturated rings. The number of nitrogens with zero attached hydrogens (tertiary/aromatic N) is 3. The first kappa shape index (κ1) is 42.7. The maximum absolute atomic E-state index is 14.7. The zero-order valence-electron chi connectivity index (χ0n) is 34.9. The maximum Gasteiger partial charge on any atom is 0.408 e. The molecule has 1 unspecified atom stereocenters. The van der Waals surface area contributed by atoms with Gasteiger partial charge in [-0.2, -0.15) is 0 Å². The van der Waals surface area contributed by atoms with Gasteiger partial charge in [0.25, 0.3) is 5.91 Å². The normalized spacial score (nSPS) is 25.4. The third-order valence-corrected chi connectivity index (χ3v) is 12.9. The zero-order chi connectivity index (χ0) is 43.0. The predicted molar refractivity (Wildman–Crippen MR) is 224 cm³/mol. The molecule has 3 N–H and O–H groups in total. The maximum atomic E-state index is 14.7. The molecule has 3 aromatic rings. The second kappa shape index (κ2) is 16.9. The van der Waals surface area contributed by atoms with Gasteiger partial charge >= 0.3 is 6.09 Å². The number of methoxy groups -OCH3 is 1. The van der Waals surface area contributed by atoms with E-state index in [4.69, 9.17) is 23.9 Å². The van der Waals surface area contributed by atoms with Crippen molar-refractivity contribution in [3.63, 3.8) is 0 Å². The minimum absolute atomic E-state index is 0.00245. The number of benzene rings is 2. The van der Waals surface area contributed by atoms with Crippen LogP contribution in [0.3, 0.4) is 0 Å². The molecular formula is C43H54N6O10S. The summed E-state index contributed by atoms with van der Waals surface area (Å²) in [7, 11) is 1.56. The Hall–Kier alpha value is -5.42. The van der Waals surface area contributed by atoms with Crippen LogP contribution in [0.4, 0.5) is 10.5 Å². The van der Waals surface area contributed by atoms with Gasteiger partial charge in [-0.15, -0.1) is 0 Å². The van der Waals surface area contributed by atoms with Gasteiger partial charge < -0.3 is 39.4 Å². The van der Waals surface area contributed by atoms with Gasteiger partial charge in [0.05, 0.1) is 31.2 Å². The van der Waals surface area contributed by atoms with E-state index >= 15 is 0 Å². The Morgan fingerprint density at radius 3 is 2.47 bits per heavy atom. The number of rotatable bonds is 9. The standard InChI is InChI=1S/C43H54N6O10S/c1-42(2,3)59-41(53)45-34-18-20-57-19-8-7-9-28-24-43(28,40(52)47-60(54,55)32-15-16-32)46-37(50)36-23-31(25-49(36)39(34)51)58-38-33-17-12-29(48(4)5)21-27(33)22-35(44-38)26-10-13-30(56-6)14-11-26/h7,9-14,17,21-22,28,31-32,34,36H,8,15-16,18-20,23-25H2,1-6H3,(H,45,53)(H,46,50)(H,47,52)/b9-7-/t28-,31?,34+,36+,43-/m1/s1. The molecule has 16 nitrogen and oxygen atoms in total. The van der Waals surface area contributed by atoms with Gasteiger partial charge in [-0.3, -0.25) is 19.1 Å². The van der Waals surface area contributed by atoms with Crippen molar-refractivity contribution < 1.29 is 46.5 Å². The summed E-state index contributed by atoms with van der Waals surface area (Å²) in [4.78, 5) is 64.4. The number of fused-ring (bicyclic) bond motifs is 3. The van der Waals surface area contributed by atoms with Crippen molar-refractivity contribution in [1.29, 1.82) is 0 Å². The molecule has 0 radical (unpaired) electrons. The highest BCUT2D eigenvalue weighted by Gasteiger charge is 2.62. The molecule has 2 saturated carbocycles.